The lowest BCUT2D eigenvalue weighted by Crippen LogP contribution is -2.29. The third kappa shape index (κ3) is 4.67. The molecule has 0 aromatic heterocycles. The zero-order chi connectivity index (χ0) is 18.4. The summed E-state index contributed by atoms with van der Waals surface area (Å²) < 4.78 is 30.7. The number of benzene rings is 1. The fourth-order valence-electron chi connectivity index (χ4n) is 5.29. The Morgan fingerprint density at radius 3 is 2.27 bits per heavy atom. The molecule has 0 nitrogen and oxygen atoms in total. The number of hydrogen-bond donors (Lipinski definition) is 0. The lowest BCUT2D eigenvalue weighted by Gasteiger charge is -2.35. The van der Waals surface area contributed by atoms with Crippen molar-refractivity contribution in [1.29, 1.82) is 0 Å². The first-order chi connectivity index (χ1) is 12.6. The van der Waals surface area contributed by atoms with E-state index in [0.29, 0.717) is 24.3 Å². The number of halogens is 2. The Labute approximate surface area is 158 Å². The molecule has 2 heteroatoms. The van der Waals surface area contributed by atoms with E-state index in [1.807, 2.05) is 18.2 Å². The van der Waals surface area contributed by atoms with Crippen LogP contribution in [0.25, 0.3) is 0 Å². The first-order valence-corrected chi connectivity index (χ1v) is 11.1. The first kappa shape index (κ1) is 19.8. The molecule has 0 aliphatic heterocycles. The minimum atomic E-state index is -2.66. The molecule has 26 heavy (non-hydrogen) atoms. The highest BCUT2D eigenvalue weighted by atomic mass is 19.3. The maximum absolute atomic E-state index is 15.3. The molecule has 0 radical (unpaired) electrons. The largest absolute Gasteiger partial charge is 0.276 e. The van der Waals surface area contributed by atoms with Gasteiger partial charge in [0, 0.05) is 11.5 Å². The van der Waals surface area contributed by atoms with Crippen molar-refractivity contribution in [3.05, 3.63) is 35.4 Å². The monoisotopic (exact) mass is 362 g/mol. The van der Waals surface area contributed by atoms with Gasteiger partial charge in [0.15, 0.2) is 0 Å². The lowest BCUT2D eigenvalue weighted by atomic mass is 9.73. The van der Waals surface area contributed by atoms with Gasteiger partial charge in [-0.15, -0.1) is 0 Å². The molecule has 0 unspecified atom stereocenters. The van der Waals surface area contributed by atoms with Gasteiger partial charge in [-0.05, 0) is 55.9 Å². The Morgan fingerprint density at radius 2 is 1.58 bits per heavy atom. The number of alkyl halides is 2. The van der Waals surface area contributed by atoms with E-state index in [1.54, 1.807) is 6.07 Å². The minimum Gasteiger partial charge on any atom is -0.201 e. The second kappa shape index (κ2) is 9.33. The van der Waals surface area contributed by atoms with E-state index < -0.39 is 11.8 Å². The summed E-state index contributed by atoms with van der Waals surface area (Å²) in [7, 11) is 0. The molecule has 0 heterocycles. The Kier molecular flexibility index (Phi) is 7.12. The highest BCUT2D eigenvalue weighted by Crippen LogP contribution is 2.48. The van der Waals surface area contributed by atoms with Crippen LogP contribution in [0.3, 0.4) is 0 Å². The molecule has 0 N–H and O–H groups in total. The van der Waals surface area contributed by atoms with Crippen molar-refractivity contribution in [3.63, 3.8) is 0 Å². The smallest absolute Gasteiger partial charge is 0.201 e. The van der Waals surface area contributed by atoms with Gasteiger partial charge >= 0.3 is 0 Å². The van der Waals surface area contributed by atoms with E-state index in [2.05, 4.69) is 6.92 Å². The van der Waals surface area contributed by atoms with Crippen LogP contribution in [-0.4, -0.2) is 0 Å². The maximum Gasteiger partial charge on any atom is 0.276 e. The van der Waals surface area contributed by atoms with Crippen LogP contribution in [-0.2, 0) is 5.92 Å². The van der Waals surface area contributed by atoms with Gasteiger partial charge in [-0.3, -0.25) is 0 Å². The van der Waals surface area contributed by atoms with Crippen molar-refractivity contribution >= 4 is 0 Å². The predicted molar refractivity (Wildman–Crippen MR) is 106 cm³/mol. The molecule has 0 atom stereocenters. The fraction of sp³-hybridized carbons (Fsp3) is 0.750. The molecule has 1 aromatic carbocycles. The van der Waals surface area contributed by atoms with Crippen LogP contribution in [0, 0.1) is 11.8 Å². The summed E-state index contributed by atoms with van der Waals surface area (Å²) in [5, 5.41) is 0. The normalized spacial score (nSPS) is 25.3. The highest BCUT2D eigenvalue weighted by Gasteiger charge is 2.43. The van der Waals surface area contributed by atoms with E-state index in [1.165, 1.54) is 38.5 Å². The van der Waals surface area contributed by atoms with Crippen LogP contribution in [0.1, 0.15) is 107 Å². The molecule has 2 saturated carbocycles. The first-order valence-electron chi connectivity index (χ1n) is 11.1. The van der Waals surface area contributed by atoms with Gasteiger partial charge in [-0.1, -0.05) is 76.1 Å². The molecular formula is C24H36F2. The predicted octanol–water partition coefficient (Wildman–Crippen LogP) is 8.21. The van der Waals surface area contributed by atoms with Gasteiger partial charge in [0.2, 0.25) is 0 Å². The number of rotatable bonds is 7. The molecule has 3 rings (SSSR count). The summed E-state index contributed by atoms with van der Waals surface area (Å²) in [6.07, 6.45) is 14.3. The summed E-state index contributed by atoms with van der Waals surface area (Å²) in [5.74, 6) is -1.95. The quantitative estimate of drug-likeness (QED) is 0.429. The van der Waals surface area contributed by atoms with Crippen LogP contribution >= 0.6 is 0 Å². The van der Waals surface area contributed by atoms with Gasteiger partial charge < -0.3 is 0 Å². The van der Waals surface area contributed by atoms with Crippen molar-refractivity contribution in [2.24, 2.45) is 11.8 Å². The average molecular weight is 363 g/mol. The molecule has 1 aromatic rings. The molecule has 0 saturated heterocycles. The molecule has 0 amide bonds. The summed E-state index contributed by atoms with van der Waals surface area (Å²) >= 11 is 0. The zero-order valence-corrected chi connectivity index (χ0v) is 16.5. The Hall–Kier alpha value is -0.920. The summed E-state index contributed by atoms with van der Waals surface area (Å²) in [6, 6.07) is 7.49. The third-order valence-corrected chi connectivity index (χ3v) is 6.94. The molecule has 2 fully saturated rings. The van der Waals surface area contributed by atoms with Crippen LogP contribution < -0.4 is 0 Å². The Balaban J connectivity index is 1.68. The summed E-state index contributed by atoms with van der Waals surface area (Å²) in [5.41, 5.74) is 1.30. The zero-order valence-electron chi connectivity index (χ0n) is 16.5. The van der Waals surface area contributed by atoms with Gasteiger partial charge in [-0.2, -0.15) is 0 Å². The van der Waals surface area contributed by atoms with Gasteiger partial charge in [0.05, 0.1) is 0 Å². The lowest BCUT2D eigenvalue weighted by molar-refractivity contribution is -0.0787. The van der Waals surface area contributed by atoms with Crippen molar-refractivity contribution in [2.45, 2.75) is 102 Å². The SMILES string of the molecule is CCCCCC1CCC(c2ccccc2C(F)(F)C2CCCCC2)CC1. The van der Waals surface area contributed by atoms with E-state index in [-0.39, 0.29) is 0 Å². The van der Waals surface area contributed by atoms with Crippen LogP contribution in [0.4, 0.5) is 8.78 Å². The standard InChI is InChI=1S/C24H36F2/c1-2-3-5-10-19-15-17-20(18-16-19)22-13-8-9-14-23(22)24(25,26)21-11-6-4-7-12-21/h8-9,13-14,19-21H,2-7,10-12,15-18H2,1H3. The Morgan fingerprint density at radius 1 is 0.885 bits per heavy atom. The topological polar surface area (TPSA) is 0 Å². The summed E-state index contributed by atoms with van der Waals surface area (Å²) in [4.78, 5) is 0. The molecular weight excluding hydrogens is 326 g/mol. The Bertz CT molecular complexity index is 537. The molecule has 2 aliphatic rings. The van der Waals surface area contributed by atoms with Crippen molar-refractivity contribution in [2.75, 3.05) is 0 Å². The van der Waals surface area contributed by atoms with Gasteiger partial charge in [0.25, 0.3) is 5.92 Å². The minimum absolute atomic E-state index is 0.336. The van der Waals surface area contributed by atoms with Crippen LogP contribution in [0.2, 0.25) is 0 Å². The third-order valence-electron chi connectivity index (χ3n) is 6.94. The van der Waals surface area contributed by atoms with Gasteiger partial charge in [-0.25, -0.2) is 8.78 Å². The van der Waals surface area contributed by atoms with Crippen molar-refractivity contribution < 1.29 is 8.78 Å². The highest BCUT2D eigenvalue weighted by molar-refractivity contribution is 5.35. The van der Waals surface area contributed by atoms with E-state index >= 15 is 8.78 Å². The summed E-state index contributed by atoms with van der Waals surface area (Å²) in [6.45, 7) is 2.25. The second-order valence-electron chi connectivity index (χ2n) is 8.76. The van der Waals surface area contributed by atoms with Gasteiger partial charge in [0.1, 0.15) is 0 Å². The van der Waals surface area contributed by atoms with Crippen molar-refractivity contribution in [1.82, 2.24) is 0 Å². The number of unbranched alkanes of at least 4 members (excludes halogenated alkanes) is 2. The average Bonchev–Trinajstić information content (AvgIpc) is 2.69. The molecule has 0 spiro atoms. The fourth-order valence-corrected chi connectivity index (χ4v) is 5.29. The van der Waals surface area contributed by atoms with E-state index in [0.717, 1.165) is 43.6 Å². The molecule has 146 valence electrons. The van der Waals surface area contributed by atoms with E-state index in [9.17, 15) is 0 Å². The molecule has 0 bridgehead atoms. The van der Waals surface area contributed by atoms with E-state index in [4.69, 9.17) is 0 Å². The van der Waals surface area contributed by atoms with Crippen LogP contribution in [0.5, 0.6) is 0 Å². The van der Waals surface area contributed by atoms with Crippen LogP contribution in [0.15, 0.2) is 24.3 Å². The second-order valence-corrected chi connectivity index (χ2v) is 8.76. The molecule has 2 aliphatic carbocycles. The number of hydrogen-bond acceptors (Lipinski definition) is 0. The maximum atomic E-state index is 15.3. The van der Waals surface area contributed by atoms with Crippen molar-refractivity contribution in [3.8, 4) is 0 Å².